The zero-order valence-electron chi connectivity index (χ0n) is 12.8. The maximum absolute atomic E-state index is 4.23. The minimum absolute atomic E-state index is 0.850. The number of aromatic nitrogens is 1. The molecule has 1 N–H and O–H groups in total. The molecule has 3 aromatic rings. The number of hydrogen-bond donors (Lipinski definition) is 1. The van der Waals surface area contributed by atoms with Crippen LogP contribution in [-0.2, 0) is 0 Å². The molecule has 2 aromatic carbocycles. The van der Waals surface area contributed by atoms with Crippen LogP contribution in [0.15, 0.2) is 83.0 Å². The fourth-order valence-corrected chi connectivity index (χ4v) is 3.26. The van der Waals surface area contributed by atoms with E-state index in [9.17, 15) is 0 Å². The third kappa shape index (κ3) is 3.05. The van der Waals surface area contributed by atoms with E-state index in [0.717, 1.165) is 21.8 Å². The number of benzene rings is 2. The maximum atomic E-state index is 4.23. The zero-order valence-corrected chi connectivity index (χ0v) is 13.6. The molecule has 24 heavy (non-hydrogen) atoms. The molecule has 115 valence electrons. The van der Waals surface area contributed by atoms with Crippen molar-refractivity contribution in [3.63, 3.8) is 0 Å². The van der Waals surface area contributed by atoms with Gasteiger partial charge in [-0.05, 0) is 29.7 Å². The summed E-state index contributed by atoms with van der Waals surface area (Å²) in [6, 6.07) is 22.4. The first-order valence-electron chi connectivity index (χ1n) is 7.61. The molecule has 1 aromatic heterocycles. The van der Waals surface area contributed by atoms with Crippen LogP contribution in [0.1, 0.15) is 5.69 Å². The lowest BCUT2D eigenvalue weighted by Crippen LogP contribution is -2.23. The summed E-state index contributed by atoms with van der Waals surface area (Å²) >= 11 is 1.59. The minimum Gasteiger partial charge on any atom is -0.310 e. The lowest BCUT2D eigenvalue weighted by atomic mass is 10.1. The van der Waals surface area contributed by atoms with Gasteiger partial charge in [0.2, 0.25) is 0 Å². The third-order valence-electron chi connectivity index (χ3n) is 3.71. The van der Waals surface area contributed by atoms with Crippen LogP contribution in [0.2, 0.25) is 0 Å². The van der Waals surface area contributed by atoms with Crippen LogP contribution in [0.25, 0.3) is 21.7 Å². The number of H-pyrrole nitrogens is 1. The van der Waals surface area contributed by atoms with E-state index >= 15 is 0 Å². The fourth-order valence-electron chi connectivity index (χ4n) is 2.46. The Kier molecular flexibility index (Phi) is 4.04. The van der Waals surface area contributed by atoms with Gasteiger partial charge in [0.05, 0.1) is 15.8 Å². The fraction of sp³-hybridized carbons (Fsp3) is 0. The van der Waals surface area contributed by atoms with Crippen molar-refractivity contribution in [2.75, 3.05) is 0 Å². The van der Waals surface area contributed by atoms with Crippen LogP contribution in [0.3, 0.4) is 0 Å². The molecule has 0 fully saturated rings. The van der Waals surface area contributed by atoms with Crippen molar-refractivity contribution >= 4 is 39.5 Å². The van der Waals surface area contributed by atoms with Crippen LogP contribution in [-0.4, -0.2) is 10.6 Å². The number of rotatable bonds is 1. The predicted molar refractivity (Wildman–Crippen MR) is 101 cm³/mol. The second-order valence-electron chi connectivity index (χ2n) is 5.30. The van der Waals surface area contributed by atoms with Crippen molar-refractivity contribution < 1.29 is 0 Å². The first-order chi connectivity index (χ1) is 11.9. The lowest BCUT2D eigenvalue weighted by molar-refractivity contribution is 1.13. The first-order valence-corrected chi connectivity index (χ1v) is 8.43. The molecule has 0 unspecified atom stereocenters. The Morgan fingerprint density at radius 1 is 0.833 bits per heavy atom. The Hall–Kier alpha value is -2.98. The van der Waals surface area contributed by atoms with Gasteiger partial charge < -0.3 is 4.37 Å². The third-order valence-corrected chi connectivity index (χ3v) is 4.63. The van der Waals surface area contributed by atoms with Crippen molar-refractivity contribution in [1.82, 2.24) is 4.37 Å². The van der Waals surface area contributed by atoms with E-state index in [-0.39, 0.29) is 0 Å². The number of nitrogens with one attached hydrogen (secondary N) is 1. The van der Waals surface area contributed by atoms with Gasteiger partial charge in [-0.15, -0.1) is 10.2 Å². The summed E-state index contributed by atoms with van der Waals surface area (Å²) in [5, 5.41) is 11.4. The van der Waals surface area contributed by atoms with Gasteiger partial charge >= 0.3 is 0 Å². The Morgan fingerprint density at radius 2 is 1.67 bits per heavy atom. The van der Waals surface area contributed by atoms with Gasteiger partial charge in [0.15, 0.2) is 0 Å². The summed E-state index contributed by atoms with van der Waals surface area (Å²) in [6.45, 7) is 0. The Balaban J connectivity index is 1.85. The van der Waals surface area contributed by atoms with E-state index in [1.807, 2.05) is 60.7 Å². The van der Waals surface area contributed by atoms with E-state index in [4.69, 9.17) is 0 Å². The molecule has 0 bridgehead atoms. The molecule has 0 spiro atoms. The number of nitrogens with zero attached hydrogens (tertiary/aromatic N) is 2. The minimum atomic E-state index is 0.850. The summed E-state index contributed by atoms with van der Waals surface area (Å²) in [5.41, 5.74) is 1.81. The van der Waals surface area contributed by atoms with Crippen LogP contribution in [0, 0.1) is 0 Å². The number of allylic oxidation sites excluding steroid dienone is 2. The van der Waals surface area contributed by atoms with E-state index < -0.39 is 0 Å². The molecule has 0 saturated heterocycles. The number of fused-ring (bicyclic) bond motifs is 2. The summed E-state index contributed by atoms with van der Waals surface area (Å²) in [4.78, 5) is 0. The van der Waals surface area contributed by atoms with Crippen LogP contribution in [0.5, 0.6) is 0 Å². The molecule has 3 nitrogen and oxygen atoms in total. The van der Waals surface area contributed by atoms with Crippen molar-refractivity contribution in [1.29, 1.82) is 0 Å². The van der Waals surface area contributed by atoms with Crippen LogP contribution in [0.4, 0.5) is 0 Å². The van der Waals surface area contributed by atoms with Gasteiger partial charge in [-0.3, -0.25) is 0 Å². The molecular weight excluding hydrogens is 314 g/mol. The van der Waals surface area contributed by atoms with E-state index in [1.54, 1.807) is 11.5 Å². The highest BCUT2D eigenvalue weighted by Gasteiger charge is 2.00. The summed E-state index contributed by atoms with van der Waals surface area (Å²) in [7, 11) is 0. The Morgan fingerprint density at radius 3 is 2.67 bits per heavy atom. The van der Waals surface area contributed by atoms with Gasteiger partial charge in [0.25, 0.3) is 0 Å². The smallest absolute Gasteiger partial charge is 0.123 e. The highest BCUT2D eigenvalue weighted by molar-refractivity contribution is 7.12. The predicted octanol–water partition coefficient (Wildman–Crippen LogP) is 3.71. The van der Waals surface area contributed by atoms with Gasteiger partial charge in [0.1, 0.15) is 6.21 Å². The van der Waals surface area contributed by atoms with Gasteiger partial charge in [-0.25, -0.2) is 0 Å². The monoisotopic (exact) mass is 328 g/mol. The van der Waals surface area contributed by atoms with E-state index in [1.165, 1.54) is 10.1 Å². The molecule has 0 atom stereocenters. The quantitative estimate of drug-likeness (QED) is 0.707. The maximum Gasteiger partial charge on any atom is 0.123 e. The summed E-state index contributed by atoms with van der Waals surface area (Å²) in [5.74, 6) is 0. The first kappa shape index (κ1) is 14.6. The van der Waals surface area contributed by atoms with Crippen LogP contribution < -0.4 is 10.6 Å². The average molecular weight is 328 g/mol. The summed E-state index contributed by atoms with van der Waals surface area (Å²) in [6.07, 6.45) is 7.07. The van der Waals surface area contributed by atoms with Crippen molar-refractivity contribution in [2.24, 2.45) is 10.2 Å². The summed E-state index contributed by atoms with van der Waals surface area (Å²) < 4.78 is 4.58. The molecule has 4 rings (SSSR count). The molecule has 1 aliphatic heterocycles. The van der Waals surface area contributed by atoms with Crippen molar-refractivity contribution in [3.8, 4) is 0 Å². The number of hydrogen-bond acceptors (Lipinski definition) is 3. The second-order valence-corrected chi connectivity index (χ2v) is 6.15. The molecule has 1 radical (unpaired) electrons. The standard InChI is InChI=1S/C20H14N3S/c1-3-9-18-15(6-1)12-13-17(14-21-22-18)19-10-5-8-16-7-2-4-11-20(16)24-23-19/h1-13,23H/b8-5?,13-12?,15-12-,17-13+,17-14?,19-10?,21-14?,22-18-,22-21?. The average Bonchev–Trinajstić information content (AvgIpc) is 2.57. The molecule has 0 aliphatic carbocycles. The van der Waals surface area contributed by atoms with Crippen LogP contribution >= 0.6 is 11.5 Å². The van der Waals surface area contributed by atoms with Crippen molar-refractivity contribution in [2.45, 2.75) is 0 Å². The van der Waals surface area contributed by atoms with Crippen molar-refractivity contribution in [3.05, 3.63) is 89.1 Å². The van der Waals surface area contributed by atoms with E-state index in [2.05, 4.69) is 39.0 Å². The SMILES string of the molecule is [C]1=N\N=c2\cccc\c2=C\C=C/1c1cccc2ccccc2s[nH]1. The normalized spacial score (nSPS) is 19.2. The van der Waals surface area contributed by atoms with Gasteiger partial charge in [-0.2, -0.15) is 0 Å². The molecular formula is C20H14N3S. The van der Waals surface area contributed by atoms with Gasteiger partial charge in [-0.1, -0.05) is 66.1 Å². The Bertz CT molecular complexity index is 1110. The topological polar surface area (TPSA) is 40.5 Å². The highest BCUT2D eigenvalue weighted by atomic mass is 32.1. The van der Waals surface area contributed by atoms with E-state index in [0.29, 0.717) is 0 Å². The number of aromatic amines is 1. The zero-order chi connectivity index (χ0) is 16.2. The molecule has 0 saturated carbocycles. The largest absolute Gasteiger partial charge is 0.310 e. The second kappa shape index (κ2) is 6.64. The highest BCUT2D eigenvalue weighted by Crippen LogP contribution is 2.17. The molecule has 0 amide bonds. The van der Waals surface area contributed by atoms with Gasteiger partial charge in [0, 0.05) is 10.8 Å². The lowest BCUT2D eigenvalue weighted by Gasteiger charge is -2.01. The molecule has 2 heterocycles. The Labute approximate surface area is 143 Å². The molecule has 4 heteroatoms. The molecule has 1 aliphatic rings.